The number of pyridine rings is 1. The molecule has 0 aliphatic carbocycles. The smallest absolute Gasteiger partial charge is 0.247 e. The number of thiazole rings is 1. The van der Waals surface area contributed by atoms with Gasteiger partial charge in [0.15, 0.2) is 5.13 Å². The highest BCUT2D eigenvalue weighted by molar-refractivity contribution is 7.89. The van der Waals surface area contributed by atoms with Gasteiger partial charge in [-0.2, -0.15) is 4.31 Å². The molecule has 4 aromatic rings. The maximum atomic E-state index is 14.0. The molecular weight excluding hydrogens is 516 g/mol. The van der Waals surface area contributed by atoms with Crippen LogP contribution in [0.1, 0.15) is 29.7 Å². The van der Waals surface area contributed by atoms with Gasteiger partial charge in [-0.1, -0.05) is 29.0 Å². The van der Waals surface area contributed by atoms with E-state index in [0.29, 0.717) is 28.7 Å². The first-order valence-electron chi connectivity index (χ1n) is 11.6. The number of anilines is 1. The Morgan fingerprint density at radius 3 is 2.61 bits per heavy atom. The highest BCUT2D eigenvalue weighted by Gasteiger charge is 2.42. The Kier molecular flexibility index (Phi) is 6.82. The van der Waals surface area contributed by atoms with Crippen molar-refractivity contribution in [3.63, 3.8) is 0 Å². The summed E-state index contributed by atoms with van der Waals surface area (Å²) < 4.78 is 29.2. The molecule has 7 nitrogen and oxygen atoms in total. The van der Waals surface area contributed by atoms with Gasteiger partial charge in [0.2, 0.25) is 15.9 Å². The highest BCUT2D eigenvalue weighted by Crippen LogP contribution is 2.34. The predicted molar refractivity (Wildman–Crippen MR) is 143 cm³/mol. The van der Waals surface area contributed by atoms with E-state index in [1.807, 2.05) is 38.1 Å². The topological polar surface area (TPSA) is 83.5 Å². The van der Waals surface area contributed by atoms with Gasteiger partial charge in [0, 0.05) is 17.8 Å². The van der Waals surface area contributed by atoms with E-state index in [-0.39, 0.29) is 23.9 Å². The Morgan fingerprint density at radius 2 is 1.89 bits per heavy atom. The minimum absolute atomic E-state index is 0.119. The Hall–Kier alpha value is -2.85. The molecule has 1 unspecified atom stereocenters. The number of sulfonamides is 1. The Morgan fingerprint density at radius 1 is 1.14 bits per heavy atom. The van der Waals surface area contributed by atoms with E-state index in [2.05, 4.69) is 11.1 Å². The summed E-state index contributed by atoms with van der Waals surface area (Å²) in [7, 11) is -3.88. The van der Waals surface area contributed by atoms with Crippen molar-refractivity contribution in [2.75, 3.05) is 11.4 Å². The van der Waals surface area contributed by atoms with Gasteiger partial charge >= 0.3 is 0 Å². The fourth-order valence-corrected chi connectivity index (χ4v) is 7.20. The van der Waals surface area contributed by atoms with Crippen molar-refractivity contribution in [3.8, 4) is 0 Å². The van der Waals surface area contributed by atoms with E-state index >= 15 is 0 Å². The number of aryl methyl sites for hydroxylation is 2. The lowest BCUT2D eigenvalue weighted by molar-refractivity contribution is -0.121. The number of hydrogen-bond donors (Lipinski definition) is 0. The van der Waals surface area contributed by atoms with Crippen molar-refractivity contribution in [2.45, 2.75) is 44.2 Å². The van der Waals surface area contributed by atoms with Crippen molar-refractivity contribution in [2.24, 2.45) is 0 Å². The molecule has 0 saturated carbocycles. The zero-order chi connectivity index (χ0) is 25.4. The Bertz CT molecular complexity index is 1480. The van der Waals surface area contributed by atoms with Crippen LogP contribution in [-0.2, 0) is 21.4 Å². The van der Waals surface area contributed by atoms with Crippen LogP contribution in [-0.4, -0.2) is 41.2 Å². The molecular formula is C26H25ClN4O3S2. The second-order valence-corrected chi connectivity index (χ2v) is 12.2. The van der Waals surface area contributed by atoms with Crippen LogP contribution in [0.4, 0.5) is 5.13 Å². The summed E-state index contributed by atoms with van der Waals surface area (Å²) in [5.74, 6) is -0.303. The summed E-state index contributed by atoms with van der Waals surface area (Å²) in [6.07, 6.45) is 2.71. The van der Waals surface area contributed by atoms with Gasteiger partial charge in [-0.25, -0.2) is 13.4 Å². The van der Waals surface area contributed by atoms with Gasteiger partial charge in [0.25, 0.3) is 0 Å². The largest absolute Gasteiger partial charge is 0.281 e. The van der Waals surface area contributed by atoms with Crippen LogP contribution in [0.15, 0.2) is 65.7 Å². The first-order chi connectivity index (χ1) is 17.2. The maximum absolute atomic E-state index is 14.0. The molecule has 1 aliphatic heterocycles. The number of halogens is 1. The number of rotatable bonds is 6. The van der Waals surface area contributed by atoms with Gasteiger partial charge in [-0.05, 0) is 86.3 Å². The van der Waals surface area contributed by atoms with Crippen molar-refractivity contribution < 1.29 is 13.2 Å². The fraction of sp³-hybridized carbons (Fsp3) is 0.269. The minimum Gasteiger partial charge on any atom is -0.281 e. The van der Waals surface area contributed by atoms with E-state index < -0.39 is 16.1 Å². The Balaban J connectivity index is 1.53. The van der Waals surface area contributed by atoms with Gasteiger partial charge in [0.05, 0.1) is 27.4 Å². The molecule has 1 atom stereocenters. The average molecular weight is 541 g/mol. The number of carbonyl (C=O) groups is 1. The van der Waals surface area contributed by atoms with Crippen molar-refractivity contribution in [3.05, 3.63) is 82.6 Å². The van der Waals surface area contributed by atoms with E-state index in [4.69, 9.17) is 16.6 Å². The second-order valence-electron chi connectivity index (χ2n) is 8.87. The lowest BCUT2D eigenvalue weighted by Crippen LogP contribution is -2.47. The van der Waals surface area contributed by atoms with Crippen LogP contribution >= 0.6 is 22.9 Å². The van der Waals surface area contributed by atoms with Gasteiger partial charge in [-0.3, -0.25) is 14.7 Å². The summed E-state index contributed by atoms with van der Waals surface area (Å²) in [5, 5.41) is 0.979. The Labute approximate surface area is 219 Å². The molecule has 5 rings (SSSR count). The molecule has 0 N–H and O–H groups in total. The van der Waals surface area contributed by atoms with Crippen LogP contribution < -0.4 is 4.90 Å². The number of amides is 1. The monoisotopic (exact) mass is 540 g/mol. The zero-order valence-electron chi connectivity index (χ0n) is 19.9. The fourth-order valence-electron chi connectivity index (χ4n) is 4.37. The number of hydrogen-bond acceptors (Lipinski definition) is 6. The standard InChI is InChI=1S/C26H25ClN4O3S2/c1-17-14-22-24(15-18(17)2)35-26(29-22)30(16-20-6-3-4-12-28-20)25(32)23-7-5-13-31(23)36(33,34)21-10-8-19(27)9-11-21/h3-4,6,8-12,14-15,23H,5,7,13,16H2,1-2H3. The molecule has 2 aromatic heterocycles. The summed E-state index contributed by atoms with van der Waals surface area (Å²) in [6, 6.07) is 14.8. The number of nitrogens with zero attached hydrogens (tertiary/aromatic N) is 4. The summed E-state index contributed by atoms with van der Waals surface area (Å²) >= 11 is 7.38. The van der Waals surface area contributed by atoms with Crippen molar-refractivity contribution in [1.29, 1.82) is 0 Å². The van der Waals surface area contributed by atoms with E-state index in [1.54, 1.807) is 23.2 Å². The molecule has 1 aliphatic rings. The van der Waals surface area contributed by atoms with E-state index in [0.717, 1.165) is 21.3 Å². The number of benzene rings is 2. The average Bonchev–Trinajstić information content (AvgIpc) is 3.51. The first-order valence-corrected chi connectivity index (χ1v) is 14.2. The SMILES string of the molecule is Cc1cc2nc(N(Cc3ccccn3)C(=O)C3CCCN3S(=O)(=O)c3ccc(Cl)cc3)sc2cc1C. The molecule has 1 fully saturated rings. The van der Waals surface area contributed by atoms with Crippen LogP contribution in [0.2, 0.25) is 5.02 Å². The molecule has 1 saturated heterocycles. The van der Waals surface area contributed by atoms with Gasteiger partial charge in [-0.15, -0.1) is 0 Å². The van der Waals surface area contributed by atoms with Crippen molar-refractivity contribution >= 4 is 54.2 Å². The third-order valence-electron chi connectivity index (χ3n) is 6.44. The number of aromatic nitrogens is 2. The van der Waals surface area contributed by atoms with E-state index in [9.17, 15) is 13.2 Å². The maximum Gasteiger partial charge on any atom is 0.247 e. The van der Waals surface area contributed by atoms with E-state index in [1.165, 1.54) is 27.8 Å². The van der Waals surface area contributed by atoms with Crippen LogP contribution in [0.25, 0.3) is 10.2 Å². The first kappa shape index (κ1) is 24.8. The lowest BCUT2D eigenvalue weighted by atomic mass is 10.1. The normalized spacial score (nSPS) is 16.5. The predicted octanol–water partition coefficient (Wildman–Crippen LogP) is 5.35. The molecule has 0 bridgehead atoms. The zero-order valence-corrected chi connectivity index (χ0v) is 22.3. The lowest BCUT2D eigenvalue weighted by Gasteiger charge is -2.28. The molecule has 0 spiro atoms. The number of carbonyl (C=O) groups excluding carboxylic acids is 1. The van der Waals surface area contributed by atoms with Crippen LogP contribution in [0.3, 0.4) is 0 Å². The third kappa shape index (κ3) is 4.76. The van der Waals surface area contributed by atoms with Crippen LogP contribution in [0.5, 0.6) is 0 Å². The second kappa shape index (κ2) is 9.89. The quantitative estimate of drug-likeness (QED) is 0.329. The number of fused-ring (bicyclic) bond motifs is 1. The molecule has 0 radical (unpaired) electrons. The van der Waals surface area contributed by atoms with Gasteiger partial charge < -0.3 is 0 Å². The van der Waals surface area contributed by atoms with Gasteiger partial charge in [0.1, 0.15) is 6.04 Å². The summed E-state index contributed by atoms with van der Waals surface area (Å²) in [6.45, 7) is 4.55. The molecule has 10 heteroatoms. The third-order valence-corrected chi connectivity index (χ3v) is 9.66. The molecule has 36 heavy (non-hydrogen) atoms. The van der Waals surface area contributed by atoms with Crippen molar-refractivity contribution in [1.82, 2.24) is 14.3 Å². The molecule has 2 aromatic carbocycles. The summed E-state index contributed by atoms with van der Waals surface area (Å²) in [4.78, 5) is 24.9. The molecule has 1 amide bonds. The molecule has 186 valence electrons. The van der Waals surface area contributed by atoms with Crippen LogP contribution in [0, 0.1) is 13.8 Å². The highest BCUT2D eigenvalue weighted by atomic mass is 35.5. The molecule has 3 heterocycles. The summed E-state index contributed by atoms with van der Waals surface area (Å²) in [5.41, 5.74) is 3.78. The minimum atomic E-state index is -3.88.